The van der Waals surface area contributed by atoms with Gasteiger partial charge in [-0.3, -0.25) is 9.59 Å². The number of aromatic nitrogens is 1. The van der Waals surface area contributed by atoms with Crippen LogP contribution in [-0.2, 0) is 14.3 Å². The van der Waals surface area contributed by atoms with Crippen LogP contribution in [0.4, 0.5) is 0 Å². The van der Waals surface area contributed by atoms with Gasteiger partial charge in [0.05, 0.1) is 17.7 Å². The largest absolute Gasteiger partial charge is 0.480 e. The summed E-state index contributed by atoms with van der Waals surface area (Å²) < 4.78 is 4.41. The number of carbonyl (C=O) groups excluding carboxylic acids is 2. The third kappa shape index (κ3) is 5.20. The van der Waals surface area contributed by atoms with Crippen LogP contribution < -0.4 is 5.32 Å². The average Bonchev–Trinajstić information content (AvgIpc) is 2.45. The van der Waals surface area contributed by atoms with Gasteiger partial charge in [-0.05, 0) is 12.5 Å². The molecule has 0 aliphatic heterocycles. The third-order valence-electron chi connectivity index (χ3n) is 2.53. The maximum absolute atomic E-state index is 11.9. The van der Waals surface area contributed by atoms with Crippen molar-refractivity contribution in [2.24, 2.45) is 0 Å². The minimum absolute atomic E-state index is 0.0358. The van der Waals surface area contributed by atoms with Crippen LogP contribution in [0.25, 0.3) is 0 Å². The number of esters is 1. The first-order valence-corrected chi connectivity index (χ1v) is 6.52. The van der Waals surface area contributed by atoms with E-state index in [4.69, 9.17) is 28.3 Å². The fourth-order valence-corrected chi connectivity index (χ4v) is 1.68. The molecule has 0 aliphatic carbocycles. The van der Waals surface area contributed by atoms with Crippen molar-refractivity contribution in [1.82, 2.24) is 10.3 Å². The Morgan fingerprint density at radius 2 is 2.10 bits per heavy atom. The van der Waals surface area contributed by atoms with E-state index in [9.17, 15) is 14.4 Å². The van der Waals surface area contributed by atoms with Crippen molar-refractivity contribution in [3.05, 3.63) is 28.0 Å². The van der Waals surface area contributed by atoms with Gasteiger partial charge < -0.3 is 15.2 Å². The molecule has 0 aromatic carbocycles. The van der Waals surface area contributed by atoms with Crippen molar-refractivity contribution in [2.45, 2.75) is 18.9 Å². The molecule has 21 heavy (non-hydrogen) atoms. The summed E-state index contributed by atoms with van der Waals surface area (Å²) >= 11 is 11.3. The van der Waals surface area contributed by atoms with Crippen molar-refractivity contribution >= 4 is 41.0 Å². The van der Waals surface area contributed by atoms with E-state index in [-0.39, 0.29) is 28.6 Å². The van der Waals surface area contributed by atoms with Crippen LogP contribution in [-0.4, -0.2) is 41.1 Å². The Labute approximate surface area is 130 Å². The predicted molar refractivity (Wildman–Crippen MR) is 74.4 cm³/mol. The minimum atomic E-state index is -1.26. The van der Waals surface area contributed by atoms with E-state index < -0.39 is 23.9 Å². The van der Waals surface area contributed by atoms with Gasteiger partial charge in [-0.15, -0.1) is 0 Å². The highest BCUT2D eigenvalue weighted by Crippen LogP contribution is 2.19. The fourth-order valence-electron chi connectivity index (χ4n) is 1.41. The van der Waals surface area contributed by atoms with Crippen LogP contribution in [0.5, 0.6) is 0 Å². The molecule has 9 heteroatoms. The zero-order valence-electron chi connectivity index (χ0n) is 10.9. The molecule has 0 aliphatic rings. The molecule has 0 bridgehead atoms. The SMILES string of the molecule is COC(=O)CC[C@H](NC(=O)c1cnc(Cl)c(Cl)c1)C(=O)O. The minimum Gasteiger partial charge on any atom is -0.480 e. The fraction of sp³-hybridized carbons (Fsp3) is 0.333. The van der Waals surface area contributed by atoms with E-state index in [1.807, 2.05) is 0 Å². The number of nitrogens with one attached hydrogen (secondary N) is 1. The number of hydrogen-bond donors (Lipinski definition) is 2. The average molecular weight is 335 g/mol. The lowest BCUT2D eigenvalue weighted by Gasteiger charge is -2.14. The van der Waals surface area contributed by atoms with Crippen molar-refractivity contribution in [1.29, 1.82) is 0 Å². The Balaban J connectivity index is 2.74. The van der Waals surface area contributed by atoms with E-state index in [0.717, 1.165) is 0 Å². The molecule has 0 saturated carbocycles. The van der Waals surface area contributed by atoms with Gasteiger partial charge in [-0.1, -0.05) is 23.2 Å². The summed E-state index contributed by atoms with van der Waals surface area (Å²) in [7, 11) is 1.19. The molecule has 2 N–H and O–H groups in total. The molecule has 1 aromatic rings. The van der Waals surface area contributed by atoms with Gasteiger partial charge in [-0.2, -0.15) is 0 Å². The van der Waals surface area contributed by atoms with Crippen LogP contribution in [0.3, 0.4) is 0 Å². The molecule has 0 radical (unpaired) electrons. The first-order chi connectivity index (χ1) is 9.85. The highest BCUT2D eigenvalue weighted by atomic mass is 35.5. The first-order valence-electron chi connectivity index (χ1n) is 5.76. The topological polar surface area (TPSA) is 106 Å². The number of hydrogen-bond acceptors (Lipinski definition) is 5. The maximum Gasteiger partial charge on any atom is 0.326 e. The van der Waals surface area contributed by atoms with E-state index in [1.54, 1.807) is 0 Å². The van der Waals surface area contributed by atoms with E-state index in [1.165, 1.54) is 19.4 Å². The zero-order valence-corrected chi connectivity index (χ0v) is 12.4. The molecule has 0 saturated heterocycles. The Kier molecular flexibility index (Phi) is 6.39. The van der Waals surface area contributed by atoms with Crippen LogP contribution in [0.1, 0.15) is 23.2 Å². The van der Waals surface area contributed by atoms with Gasteiger partial charge in [0.2, 0.25) is 0 Å². The van der Waals surface area contributed by atoms with Gasteiger partial charge in [0.1, 0.15) is 11.2 Å². The molecule has 0 fully saturated rings. The van der Waals surface area contributed by atoms with Crippen molar-refractivity contribution < 1.29 is 24.2 Å². The highest BCUT2D eigenvalue weighted by molar-refractivity contribution is 6.41. The Hall–Kier alpha value is -1.86. The number of aliphatic carboxylic acids is 1. The quantitative estimate of drug-likeness (QED) is 0.603. The monoisotopic (exact) mass is 334 g/mol. The second-order valence-corrected chi connectivity index (χ2v) is 4.74. The number of halogens is 2. The van der Waals surface area contributed by atoms with Crippen LogP contribution in [0, 0.1) is 0 Å². The van der Waals surface area contributed by atoms with E-state index in [2.05, 4.69) is 15.0 Å². The Bertz CT molecular complexity index is 565. The summed E-state index contributed by atoms with van der Waals surface area (Å²) in [6, 6.07) is 0.0388. The molecule has 114 valence electrons. The number of rotatable bonds is 6. The summed E-state index contributed by atoms with van der Waals surface area (Å²) in [6.07, 6.45) is 0.943. The summed E-state index contributed by atoms with van der Waals surface area (Å²) in [5.74, 6) is -2.51. The standard InChI is InChI=1S/C12H12Cl2N2O5/c1-21-9(17)3-2-8(12(19)20)16-11(18)6-4-7(13)10(14)15-5-6/h4-5,8H,2-3H2,1H3,(H,16,18)(H,19,20)/t8-/m0/s1. The molecule has 1 rings (SSSR count). The number of ether oxygens (including phenoxy) is 1. The normalized spacial score (nSPS) is 11.6. The molecule has 0 unspecified atom stereocenters. The summed E-state index contributed by atoms with van der Waals surface area (Å²) in [5, 5.41) is 11.4. The number of methoxy groups -OCH3 is 1. The second kappa shape index (κ2) is 7.80. The van der Waals surface area contributed by atoms with Gasteiger partial charge in [0, 0.05) is 12.6 Å². The number of nitrogens with zero attached hydrogens (tertiary/aromatic N) is 1. The second-order valence-electron chi connectivity index (χ2n) is 3.98. The predicted octanol–water partition coefficient (Wildman–Crippen LogP) is 1.52. The summed E-state index contributed by atoms with van der Waals surface area (Å²) in [6.45, 7) is 0. The van der Waals surface area contributed by atoms with Gasteiger partial charge >= 0.3 is 11.9 Å². The maximum atomic E-state index is 11.9. The van der Waals surface area contributed by atoms with Crippen LogP contribution in [0.2, 0.25) is 10.2 Å². The highest BCUT2D eigenvalue weighted by Gasteiger charge is 2.22. The van der Waals surface area contributed by atoms with Crippen molar-refractivity contribution in [2.75, 3.05) is 7.11 Å². The zero-order chi connectivity index (χ0) is 16.0. The molecule has 1 amide bonds. The number of pyridine rings is 1. The lowest BCUT2D eigenvalue weighted by Crippen LogP contribution is -2.41. The number of amides is 1. The lowest BCUT2D eigenvalue weighted by atomic mass is 10.1. The molecule has 1 heterocycles. The van der Waals surface area contributed by atoms with Crippen LogP contribution >= 0.6 is 23.2 Å². The number of carbonyl (C=O) groups is 3. The Morgan fingerprint density at radius 1 is 1.43 bits per heavy atom. The van der Waals surface area contributed by atoms with E-state index in [0.29, 0.717) is 0 Å². The summed E-state index contributed by atoms with van der Waals surface area (Å²) in [4.78, 5) is 37.7. The smallest absolute Gasteiger partial charge is 0.326 e. The Morgan fingerprint density at radius 3 is 2.62 bits per heavy atom. The molecular formula is C12H12Cl2N2O5. The van der Waals surface area contributed by atoms with E-state index >= 15 is 0 Å². The van der Waals surface area contributed by atoms with Gasteiger partial charge in [0.15, 0.2) is 0 Å². The van der Waals surface area contributed by atoms with Crippen LogP contribution in [0.15, 0.2) is 12.3 Å². The first kappa shape index (κ1) is 17.2. The molecule has 7 nitrogen and oxygen atoms in total. The van der Waals surface area contributed by atoms with Gasteiger partial charge in [0.25, 0.3) is 5.91 Å². The lowest BCUT2D eigenvalue weighted by molar-refractivity contribution is -0.142. The number of carboxylic acid groups (broad SMARTS) is 1. The molecule has 0 spiro atoms. The molecule has 1 atom stereocenters. The third-order valence-corrected chi connectivity index (χ3v) is 3.21. The summed E-state index contributed by atoms with van der Waals surface area (Å²) in [5.41, 5.74) is 0.0636. The molecular weight excluding hydrogens is 323 g/mol. The van der Waals surface area contributed by atoms with Crippen molar-refractivity contribution in [3.63, 3.8) is 0 Å². The molecule has 1 aromatic heterocycles. The number of carboxylic acids is 1. The van der Waals surface area contributed by atoms with Crippen molar-refractivity contribution in [3.8, 4) is 0 Å². The van der Waals surface area contributed by atoms with Gasteiger partial charge in [-0.25, -0.2) is 9.78 Å².